The van der Waals surface area contributed by atoms with E-state index in [9.17, 15) is 18.0 Å². The van der Waals surface area contributed by atoms with Crippen LogP contribution in [0.5, 0.6) is 0 Å². The Morgan fingerprint density at radius 2 is 2.00 bits per heavy atom. The number of hydrogen-bond donors (Lipinski definition) is 3. The molecule has 0 saturated heterocycles. The summed E-state index contributed by atoms with van der Waals surface area (Å²) >= 11 is 10.1. The molecule has 0 spiro atoms. The van der Waals surface area contributed by atoms with Crippen molar-refractivity contribution in [2.45, 2.75) is 19.3 Å². The van der Waals surface area contributed by atoms with Gasteiger partial charge in [-0.25, -0.2) is 0 Å². The Morgan fingerprint density at radius 1 is 1.42 bits per heavy atom. The highest BCUT2D eigenvalue weighted by Gasteiger charge is 2.32. The minimum atomic E-state index is -4.35. The van der Waals surface area contributed by atoms with E-state index in [1.54, 1.807) is 7.05 Å². The van der Waals surface area contributed by atoms with Gasteiger partial charge in [-0.1, -0.05) is 23.7 Å². The minimum Gasteiger partial charge on any atom is -0.366 e. The van der Waals surface area contributed by atoms with E-state index >= 15 is 0 Å². The maximum absolute atomic E-state index is 12.0. The predicted octanol–water partition coefficient (Wildman–Crippen LogP) is 2.60. The number of benzene rings is 1. The first-order valence-electron chi connectivity index (χ1n) is 6.70. The van der Waals surface area contributed by atoms with E-state index in [1.807, 2.05) is 6.92 Å². The van der Waals surface area contributed by atoms with Crippen LogP contribution in [0.3, 0.4) is 0 Å². The topological polar surface area (TPSA) is 65.5 Å². The molecule has 1 amide bonds. The highest BCUT2D eigenvalue weighted by Crippen LogP contribution is 2.33. The molecule has 0 fully saturated rings. The van der Waals surface area contributed by atoms with Gasteiger partial charge < -0.3 is 16.0 Å². The number of alkyl halides is 3. The molecular formula is C14H18ClF3N4OS. The molecule has 1 atom stereocenters. The molecule has 24 heavy (non-hydrogen) atoms. The van der Waals surface area contributed by atoms with Crippen LogP contribution in [0.2, 0.25) is 5.02 Å². The van der Waals surface area contributed by atoms with Gasteiger partial charge in [0.15, 0.2) is 11.3 Å². The predicted molar refractivity (Wildman–Crippen MR) is 93.3 cm³/mol. The molecule has 134 valence electrons. The summed E-state index contributed by atoms with van der Waals surface area (Å²) in [5, 5.41) is 8.06. The second kappa shape index (κ2) is 10.8. The molecule has 0 saturated carbocycles. The third-order valence-electron chi connectivity index (χ3n) is 2.46. The number of likely N-dealkylation sites (N-methyl/N-ethyl adjacent to an activating group) is 1. The van der Waals surface area contributed by atoms with Crippen molar-refractivity contribution >= 4 is 41.6 Å². The molecule has 0 aromatic heterocycles. The lowest BCUT2D eigenvalue weighted by Crippen LogP contribution is -2.48. The van der Waals surface area contributed by atoms with Crippen molar-refractivity contribution in [1.29, 1.82) is 0 Å². The van der Waals surface area contributed by atoms with Gasteiger partial charge in [0.25, 0.3) is 5.91 Å². The summed E-state index contributed by atoms with van der Waals surface area (Å²) < 4.78 is 35.9. The number of aliphatic imine (C=N–C) groups is 1. The normalized spacial score (nSPS) is 11.4. The fourth-order valence-electron chi connectivity index (χ4n) is 1.35. The summed E-state index contributed by atoms with van der Waals surface area (Å²) in [6, 6.07) is 4.92. The molecule has 1 unspecified atom stereocenters. The molecule has 0 radical (unpaired) electrons. The molecule has 1 rings (SSSR count). The summed E-state index contributed by atoms with van der Waals surface area (Å²) in [4.78, 5) is 14.8. The van der Waals surface area contributed by atoms with Crippen molar-refractivity contribution in [2.75, 3.05) is 13.6 Å². The van der Waals surface area contributed by atoms with Crippen LogP contribution < -0.4 is 16.0 Å². The van der Waals surface area contributed by atoms with Gasteiger partial charge in [-0.15, -0.1) is 0 Å². The molecule has 3 N–H and O–H groups in total. The average Bonchev–Trinajstić information content (AvgIpc) is 2.52. The van der Waals surface area contributed by atoms with E-state index in [0.29, 0.717) is 11.7 Å². The molecule has 0 bridgehead atoms. The standard InChI is InChI=1S/C7H4ClF3.C7H14N4OS/c8-6-4-2-1-3-5(6)7(9,10)11;1-4-10-6(12)5(8-2)11-7(13)9-3/h1-4H;5H,2,4H2,1,3H3,(H,10,12)(H2,9,11,13). The number of carbonyl (C=O) groups excluding carboxylic acids is 1. The van der Waals surface area contributed by atoms with Crippen molar-refractivity contribution in [1.82, 2.24) is 16.0 Å². The molecule has 1 aromatic carbocycles. The van der Waals surface area contributed by atoms with E-state index < -0.39 is 17.9 Å². The maximum Gasteiger partial charge on any atom is 0.417 e. The first kappa shape index (κ1) is 22.1. The van der Waals surface area contributed by atoms with E-state index in [-0.39, 0.29) is 10.9 Å². The number of carbonyl (C=O) groups is 1. The zero-order valence-electron chi connectivity index (χ0n) is 13.1. The van der Waals surface area contributed by atoms with Gasteiger partial charge in [-0.2, -0.15) is 13.2 Å². The molecule has 0 aliphatic heterocycles. The number of thiocarbonyl (C=S) groups is 1. The molecule has 0 aliphatic rings. The number of hydrogen-bond acceptors (Lipinski definition) is 3. The van der Waals surface area contributed by atoms with Gasteiger partial charge in [0, 0.05) is 13.6 Å². The van der Waals surface area contributed by atoms with Gasteiger partial charge in [-0.3, -0.25) is 9.79 Å². The summed E-state index contributed by atoms with van der Waals surface area (Å²) in [5.41, 5.74) is -0.790. The number of amides is 1. The number of nitrogens with one attached hydrogen (secondary N) is 3. The van der Waals surface area contributed by atoms with Gasteiger partial charge in [0.2, 0.25) is 0 Å². The largest absolute Gasteiger partial charge is 0.417 e. The van der Waals surface area contributed by atoms with Gasteiger partial charge in [0.05, 0.1) is 10.6 Å². The second-order valence-corrected chi connectivity index (χ2v) is 5.00. The third kappa shape index (κ3) is 8.11. The molecule has 10 heteroatoms. The monoisotopic (exact) mass is 382 g/mol. The van der Waals surface area contributed by atoms with Crippen molar-refractivity contribution in [3.63, 3.8) is 0 Å². The Bertz CT molecular complexity index is 569. The lowest BCUT2D eigenvalue weighted by molar-refractivity contribution is -0.137. The lowest BCUT2D eigenvalue weighted by Gasteiger charge is -2.14. The molecule has 1 aromatic rings. The highest BCUT2D eigenvalue weighted by molar-refractivity contribution is 7.80. The van der Waals surface area contributed by atoms with Gasteiger partial charge in [0.1, 0.15) is 0 Å². The van der Waals surface area contributed by atoms with Crippen LogP contribution in [0, 0.1) is 0 Å². The van der Waals surface area contributed by atoms with Crippen LogP contribution in [0.4, 0.5) is 13.2 Å². The van der Waals surface area contributed by atoms with Gasteiger partial charge >= 0.3 is 6.18 Å². The lowest BCUT2D eigenvalue weighted by atomic mass is 10.2. The maximum atomic E-state index is 12.0. The Kier molecular flexibility index (Phi) is 9.98. The van der Waals surface area contributed by atoms with Gasteiger partial charge in [-0.05, 0) is 38.0 Å². The molecular weight excluding hydrogens is 365 g/mol. The third-order valence-corrected chi connectivity index (χ3v) is 3.11. The summed E-state index contributed by atoms with van der Waals surface area (Å²) in [5.74, 6) is -0.241. The van der Waals surface area contributed by atoms with E-state index in [1.165, 1.54) is 18.2 Å². The van der Waals surface area contributed by atoms with E-state index in [2.05, 4.69) is 27.7 Å². The van der Waals surface area contributed by atoms with Crippen LogP contribution in [-0.2, 0) is 11.0 Å². The molecule has 5 nitrogen and oxygen atoms in total. The van der Waals surface area contributed by atoms with E-state index in [4.69, 9.17) is 23.8 Å². The van der Waals surface area contributed by atoms with Crippen molar-refractivity contribution < 1.29 is 18.0 Å². The summed E-state index contributed by atoms with van der Waals surface area (Å²) in [6.45, 7) is 5.67. The fourth-order valence-corrected chi connectivity index (χ4v) is 1.71. The SMILES string of the molecule is C=NC(NC(=S)NC)C(=O)NCC.FC(F)(F)c1ccccc1Cl. The Morgan fingerprint density at radius 3 is 2.38 bits per heavy atom. The Hall–Kier alpha value is -1.87. The van der Waals surface area contributed by atoms with Crippen LogP contribution in [0.15, 0.2) is 29.3 Å². The van der Waals surface area contributed by atoms with Crippen LogP contribution >= 0.6 is 23.8 Å². The van der Waals surface area contributed by atoms with Crippen molar-refractivity contribution in [3.05, 3.63) is 34.9 Å². The second-order valence-electron chi connectivity index (χ2n) is 4.18. The Labute approximate surface area is 148 Å². The first-order chi connectivity index (χ1) is 11.2. The highest BCUT2D eigenvalue weighted by atomic mass is 35.5. The summed E-state index contributed by atoms with van der Waals surface area (Å²) in [7, 11) is 1.66. The zero-order chi connectivity index (χ0) is 18.8. The first-order valence-corrected chi connectivity index (χ1v) is 7.49. The fraction of sp³-hybridized carbons (Fsp3) is 0.357. The van der Waals surface area contributed by atoms with Crippen LogP contribution in [0.1, 0.15) is 12.5 Å². The number of rotatable bonds is 4. The zero-order valence-corrected chi connectivity index (χ0v) is 14.6. The molecule has 0 heterocycles. The van der Waals surface area contributed by atoms with Crippen LogP contribution in [0.25, 0.3) is 0 Å². The molecule has 0 aliphatic carbocycles. The van der Waals surface area contributed by atoms with E-state index in [0.717, 1.165) is 6.07 Å². The number of nitrogens with zero attached hydrogens (tertiary/aromatic N) is 1. The van der Waals surface area contributed by atoms with Crippen LogP contribution in [-0.4, -0.2) is 37.5 Å². The minimum absolute atomic E-state index is 0.241. The van der Waals surface area contributed by atoms with Crippen molar-refractivity contribution in [3.8, 4) is 0 Å². The van der Waals surface area contributed by atoms with Crippen molar-refractivity contribution in [2.24, 2.45) is 4.99 Å². The number of halogens is 4. The quantitative estimate of drug-likeness (QED) is 0.553. The smallest absolute Gasteiger partial charge is 0.366 e. The summed E-state index contributed by atoms with van der Waals surface area (Å²) in [6.07, 6.45) is -5.07. The average molecular weight is 383 g/mol. The Balaban J connectivity index is 0.000000446.